The van der Waals surface area contributed by atoms with Gasteiger partial charge in [0.15, 0.2) is 6.61 Å². The van der Waals surface area contributed by atoms with E-state index in [2.05, 4.69) is 0 Å². The second-order valence-corrected chi connectivity index (χ2v) is 5.48. The van der Waals surface area contributed by atoms with Crippen LogP contribution in [0.3, 0.4) is 0 Å². The first-order chi connectivity index (χ1) is 11.6. The van der Waals surface area contributed by atoms with E-state index in [1.807, 2.05) is 12.1 Å². The molecule has 1 aromatic rings. The highest BCUT2D eigenvalue weighted by molar-refractivity contribution is 5.86. The molecular formula is C17H20N2O5. The number of esters is 1. The minimum atomic E-state index is -0.811. The summed E-state index contributed by atoms with van der Waals surface area (Å²) in [6.07, 6.45) is 0.132. The number of carbonyl (C=O) groups is 2. The van der Waals surface area contributed by atoms with E-state index in [-0.39, 0.29) is 32.1 Å². The van der Waals surface area contributed by atoms with Gasteiger partial charge in [-0.15, -0.1) is 0 Å². The number of benzene rings is 1. The third kappa shape index (κ3) is 4.96. The molecule has 1 amide bonds. The predicted molar refractivity (Wildman–Crippen MR) is 83.9 cm³/mol. The number of aliphatic hydroxyl groups excluding tert-OH is 1. The van der Waals surface area contributed by atoms with Crippen LogP contribution in [0.2, 0.25) is 0 Å². The number of aliphatic hydroxyl groups is 1. The molecule has 7 heteroatoms. The molecule has 0 unspecified atom stereocenters. The largest absolute Gasteiger partial charge is 0.484 e. The standard InChI is InChI=1S/C17H20N2O5/c18-8-4-5-9-23-17(22)15-10-13(20)11-19(15)16(21)12-24-14-6-2-1-3-7-14/h1-3,6-7,13,15,20H,4-5,9-12H2/t13-,15-/m1/s1. The van der Waals surface area contributed by atoms with Crippen molar-refractivity contribution in [3.8, 4) is 11.8 Å². The van der Waals surface area contributed by atoms with Crippen LogP contribution in [-0.2, 0) is 14.3 Å². The quantitative estimate of drug-likeness (QED) is 0.587. The van der Waals surface area contributed by atoms with Gasteiger partial charge < -0.3 is 19.5 Å². The molecule has 0 saturated carbocycles. The number of amides is 1. The highest BCUT2D eigenvalue weighted by atomic mass is 16.5. The number of hydrogen-bond donors (Lipinski definition) is 1. The van der Waals surface area contributed by atoms with E-state index < -0.39 is 18.1 Å². The van der Waals surface area contributed by atoms with Gasteiger partial charge in [0.2, 0.25) is 0 Å². The summed E-state index contributed by atoms with van der Waals surface area (Å²) in [6.45, 7) is -0.00851. The molecular weight excluding hydrogens is 312 g/mol. The number of para-hydroxylation sites is 1. The van der Waals surface area contributed by atoms with Gasteiger partial charge in [-0.2, -0.15) is 5.26 Å². The van der Waals surface area contributed by atoms with Crippen molar-refractivity contribution in [2.45, 2.75) is 31.4 Å². The number of rotatable bonds is 7. The van der Waals surface area contributed by atoms with Crippen LogP contribution in [-0.4, -0.2) is 53.8 Å². The van der Waals surface area contributed by atoms with E-state index in [1.165, 1.54) is 4.90 Å². The van der Waals surface area contributed by atoms with Crippen LogP contribution in [0.25, 0.3) is 0 Å². The SMILES string of the molecule is N#CCCCOC(=O)[C@H]1C[C@@H](O)CN1C(=O)COc1ccccc1. The van der Waals surface area contributed by atoms with Gasteiger partial charge in [-0.25, -0.2) is 4.79 Å². The van der Waals surface area contributed by atoms with Gasteiger partial charge in [-0.1, -0.05) is 18.2 Å². The summed E-state index contributed by atoms with van der Waals surface area (Å²) in [4.78, 5) is 25.7. The molecule has 1 fully saturated rings. The summed E-state index contributed by atoms with van der Waals surface area (Å²) >= 11 is 0. The number of nitrogens with zero attached hydrogens (tertiary/aromatic N) is 2. The van der Waals surface area contributed by atoms with Crippen LogP contribution in [0.1, 0.15) is 19.3 Å². The molecule has 2 atom stereocenters. The van der Waals surface area contributed by atoms with Gasteiger partial charge in [-0.3, -0.25) is 4.79 Å². The van der Waals surface area contributed by atoms with Crippen molar-refractivity contribution in [1.29, 1.82) is 5.26 Å². The van der Waals surface area contributed by atoms with E-state index in [0.717, 1.165) is 0 Å². The molecule has 2 rings (SSSR count). The number of hydrogen-bond acceptors (Lipinski definition) is 6. The number of likely N-dealkylation sites (tertiary alicyclic amines) is 1. The number of ether oxygens (including phenoxy) is 2. The monoisotopic (exact) mass is 332 g/mol. The van der Waals surface area contributed by atoms with Crippen molar-refractivity contribution < 1.29 is 24.2 Å². The van der Waals surface area contributed by atoms with Gasteiger partial charge in [0.25, 0.3) is 5.91 Å². The summed E-state index contributed by atoms with van der Waals surface area (Å²) in [5, 5.41) is 18.2. The Morgan fingerprint density at radius 3 is 2.79 bits per heavy atom. The highest BCUT2D eigenvalue weighted by Crippen LogP contribution is 2.20. The lowest BCUT2D eigenvalue weighted by atomic mass is 10.2. The minimum absolute atomic E-state index is 0.0783. The smallest absolute Gasteiger partial charge is 0.328 e. The molecule has 128 valence electrons. The lowest BCUT2D eigenvalue weighted by Crippen LogP contribution is -2.43. The summed E-state index contributed by atoms with van der Waals surface area (Å²) in [5.41, 5.74) is 0. The van der Waals surface area contributed by atoms with Crippen molar-refractivity contribution in [1.82, 2.24) is 4.90 Å². The first-order valence-electron chi connectivity index (χ1n) is 7.80. The molecule has 1 N–H and O–H groups in total. The lowest BCUT2D eigenvalue weighted by Gasteiger charge is -2.23. The van der Waals surface area contributed by atoms with Gasteiger partial charge in [-0.05, 0) is 18.6 Å². The van der Waals surface area contributed by atoms with Gasteiger partial charge in [0.05, 0.1) is 18.8 Å². The Labute approximate surface area is 140 Å². The zero-order chi connectivity index (χ0) is 17.4. The molecule has 1 heterocycles. The molecule has 0 radical (unpaired) electrons. The zero-order valence-corrected chi connectivity index (χ0v) is 13.3. The van der Waals surface area contributed by atoms with Gasteiger partial charge >= 0.3 is 5.97 Å². The Kier molecular flexibility index (Phi) is 6.58. The third-order valence-corrected chi connectivity index (χ3v) is 3.65. The van der Waals surface area contributed by atoms with Crippen molar-refractivity contribution in [3.05, 3.63) is 30.3 Å². The maximum Gasteiger partial charge on any atom is 0.328 e. The normalized spacial score (nSPS) is 19.6. The first kappa shape index (κ1) is 17.8. The fourth-order valence-electron chi connectivity index (χ4n) is 2.48. The minimum Gasteiger partial charge on any atom is -0.484 e. The summed E-state index contributed by atoms with van der Waals surface area (Å²) in [5.74, 6) is -0.381. The molecule has 0 bridgehead atoms. The summed E-state index contributed by atoms with van der Waals surface area (Å²) < 4.78 is 10.5. The second kappa shape index (κ2) is 8.89. The Bertz CT molecular complexity index is 599. The molecule has 24 heavy (non-hydrogen) atoms. The Hall–Kier alpha value is -2.59. The maximum atomic E-state index is 12.3. The lowest BCUT2D eigenvalue weighted by molar-refractivity contribution is -0.154. The molecule has 0 spiro atoms. The molecule has 1 saturated heterocycles. The van der Waals surface area contributed by atoms with E-state index in [1.54, 1.807) is 24.3 Å². The topological polar surface area (TPSA) is 99.9 Å². The van der Waals surface area contributed by atoms with Crippen LogP contribution in [0.4, 0.5) is 0 Å². The van der Waals surface area contributed by atoms with Crippen molar-refractivity contribution >= 4 is 11.9 Å². The number of nitriles is 1. The Balaban J connectivity index is 1.87. The second-order valence-electron chi connectivity index (χ2n) is 5.48. The number of unbranched alkanes of at least 4 members (excludes halogenated alkanes) is 1. The average molecular weight is 332 g/mol. The van der Waals surface area contributed by atoms with E-state index in [4.69, 9.17) is 14.7 Å². The van der Waals surface area contributed by atoms with Gasteiger partial charge in [0.1, 0.15) is 11.8 Å². The van der Waals surface area contributed by atoms with Crippen LogP contribution in [0.15, 0.2) is 30.3 Å². The molecule has 7 nitrogen and oxygen atoms in total. The number of β-amino-alcohol motifs (C(OH)–C–C–N with tert-alkyl or cyclic N) is 1. The molecule has 0 aromatic heterocycles. The zero-order valence-electron chi connectivity index (χ0n) is 13.3. The molecule has 0 aliphatic carbocycles. The van der Waals surface area contributed by atoms with Crippen LogP contribution in [0.5, 0.6) is 5.75 Å². The highest BCUT2D eigenvalue weighted by Gasteiger charge is 2.39. The maximum absolute atomic E-state index is 12.3. The average Bonchev–Trinajstić information content (AvgIpc) is 2.99. The molecule has 1 aliphatic heterocycles. The molecule has 1 aliphatic rings. The predicted octanol–water partition coefficient (Wildman–Crippen LogP) is 0.874. The summed E-state index contributed by atoms with van der Waals surface area (Å²) in [7, 11) is 0. The van der Waals surface area contributed by atoms with E-state index in [0.29, 0.717) is 18.6 Å². The van der Waals surface area contributed by atoms with Crippen LogP contribution in [0, 0.1) is 11.3 Å². The van der Waals surface area contributed by atoms with Crippen molar-refractivity contribution in [3.63, 3.8) is 0 Å². The van der Waals surface area contributed by atoms with E-state index >= 15 is 0 Å². The third-order valence-electron chi connectivity index (χ3n) is 3.65. The van der Waals surface area contributed by atoms with Crippen molar-refractivity contribution in [2.75, 3.05) is 19.8 Å². The van der Waals surface area contributed by atoms with Crippen LogP contribution >= 0.6 is 0 Å². The first-order valence-corrected chi connectivity index (χ1v) is 7.80. The van der Waals surface area contributed by atoms with E-state index in [9.17, 15) is 14.7 Å². The summed E-state index contributed by atoms with van der Waals surface area (Å²) in [6, 6.07) is 10.0. The Morgan fingerprint density at radius 2 is 2.08 bits per heavy atom. The van der Waals surface area contributed by atoms with Crippen molar-refractivity contribution in [2.24, 2.45) is 0 Å². The number of carbonyl (C=O) groups excluding carboxylic acids is 2. The fraction of sp³-hybridized carbons (Fsp3) is 0.471. The van der Waals surface area contributed by atoms with Crippen LogP contribution < -0.4 is 4.74 Å². The van der Waals surface area contributed by atoms with Gasteiger partial charge in [0, 0.05) is 19.4 Å². The fourth-order valence-corrected chi connectivity index (χ4v) is 2.48. The Morgan fingerprint density at radius 1 is 1.33 bits per heavy atom. The molecule has 1 aromatic carbocycles.